The Balaban J connectivity index is 3.92. The molecule has 0 bridgehead atoms. The summed E-state index contributed by atoms with van der Waals surface area (Å²) in [5, 5.41) is 0. The highest BCUT2D eigenvalue weighted by Crippen LogP contribution is 2.02. The predicted molar refractivity (Wildman–Crippen MR) is 63.0 cm³/mol. The Hall–Kier alpha value is -0.730. The quantitative estimate of drug-likeness (QED) is 0.652. The first-order valence-corrected chi connectivity index (χ1v) is 6.03. The lowest BCUT2D eigenvalue weighted by atomic mass is 10.2. The molecule has 0 radical (unpaired) electrons. The highest BCUT2D eigenvalue weighted by atomic mass is 16.6. The van der Waals surface area contributed by atoms with Crippen LogP contribution in [0.4, 0.5) is 4.79 Å². The largest absolute Gasteiger partial charge is 0.449 e. The van der Waals surface area contributed by atoms with Gasteiger partial charge in [0.2, 0.25) is 0 Å². The van der Waals surface area contributed by atoms with E-state index in [-0.39, 0.29) is 6.09 Å². The Morgan fingerprint density at radius 1 is 1.20 bits per heavy atom. The van der Waals surface area contributed by atoms with Crippen molar-refractivity contribution >= 4 is 6.09 Å². The molecule has 0 spiro atoms. The van der Waals surface area contributed by atoms with Gasteiger partial charge in [0.15, 0.2) is 0 Å². The van der Waals surface area contributed by atoms with Gasteiger partial charge in [0.05, 0.1) is 6.61 Å². The maximum atomic E-state index is 11.6. The second kappa shape index (κ2) is 8.57. The molecule has 0 rings (SSSR count). The van der Waals surface area contributed by atoms with Gasteiger partial charge in [-0.25, -0.2) is 4.79 Å². The first-order valence-electron chi connectivity index (χ1n) is 6.03. The van der Waals surface area contributed by atoms with Gasteiger partial charge in [-0.1, -0.05) is 34.1 Å². The fraction of sp³-hybridized carbons (Fsp3) is 0.917. The van der Waals surface area contributed by atoms with Crippen molar-refractivity contribution in [2.45, 2.75) is 47.0 Å². The summed E-state index contributed by atoms with van der Waals surface area (Å²) >= 11 is 0. The van der Waals surface area contributed by atoms with Crippen molar-refractivity contribution in [1.82, 2.24) is 4.90 Å². The maximum absolute atomic E-state index is 11.6. The Kier molecular flexibility index (Phi) is 8.15. The molecule has 0 saturated carbocycles. The number of carbonyl (C=O) groups excluding carboxylic acids is 1. The molecule has 15 heavy (non-hydrogen) atoms. The van der Waals surface area contributed by atoms with Gasteiger partial charge in [-0.15, -0.1) is 0 Å². The molecule has 0 N–H and O–H groups in total. The highest BCUT2D eigenvalue weighted by Gasteiger charge is 2.13. The molecule has 0 aromatic carbocycles. The summed E-state index contributed by atoms with van der Waals surface area (Å²) in [6.07, 6.45) is 2.99. The smallest absolute Gasteiger partial charge is 0.409 e. The van der Waals surface area contributed by atoms with Gasteiger partial charge >= 0.3 is 6.09 Å². The summed E-state index contributed by atoms with van der Waals surface area (Å²) in [6.45, 7) is 10.4. The van der Waals surface area contributed by atoms with Crippen LogP contribution in [-0.2, 0) is 4.74 Å². The summed E-state index contributed by atoms with van der Waals surface area (Å²) in [4.78, 5) is 13.5. The van der Waals surface area contributed by atoms with Crippen LogP contribution in [0.5, 0.6) is 0 Å². The van der Waals surface area contributed by atoms with Crippen LogP contribution in [-0.4, -0.2) is 30.7 Å². The molecular formula is C12H25NO2. The molecule has 0 saturated heterocycles. The minimum atomic E-state index is -0.154. The van der Waals surface area contributed by atoms with E-state index in [1.807, 2.05) is 18.7 Å². The van der Waals surface area contributed by atoms with E-state index in [1.54, 1.807) is 0 Å². The van der Waals surface area contributed by atoms with Gasteiger partial charge in [-0.3, -0.25) is 0 Å². The number of carbonyl (C=O) groups is 1. The van der Waals surface area contributed by atoms with Crippen molar-refractivity contribution in [2.75, 3.05) is 19.7 Å². The normalized spacial score (nSPS) is 10.5. The molecule has 0 aromatic rings. The highest BCUT2D eigenvalue weighted by molar-refractivity contribution is 5.67. The van der Waals surface area contributed by atoms with Gasteiger partial charge in [0, 0.05) is 13.1 Å². The number of amides is 1. The Bertz CT molecular complexity index is 169. The summed E-state index contributed by atoms with van der Waals surface area (Å²) in [5.74, 6) is 0.406. The van der Waals surface area contributed by atoms with Crippen LogP contribution in [0, 0.1) is 5.92 Å². The molecule has 0 fully saturated rings. The molecule has 0 heterocycles. The molecule has 3 nitrogen and oxygen atoms in total. The third-order valence-corrected chi connectivity index (χ3v) is 2.07. The minimum Gasteiger partial charge on any atom is -0.449 e. The lowest BCUT2D eigenvalue weighted by molar-refractivity contribution is 0.0915. The van der Waals surface area contributed by atoms with Crippen molar-refractivity contribution in [3.05, 3.63) is 0 Å². The van der Waals surface area contributed by atoms with E-state index in [2.05, 4.69) is 13.8 Å². The standard InChI is InChI=1S/C12H25NO2/c1-5-7-9-13(8-6-2)12(14)15-10-11(3)4/h11H,5-10H2,1-4H3. The first kappa shape index (κ1) is 14.3. The monoisotopic (exact) mass is 215 g/mol. The molecule has 1 amide bonds. The van der Waals surface area contributed by atoms with Gasteiger partial charge in [0.1, 0.15) is 0 Å². The van der Waals surface area contributed by atoms with Crippen molar-refractivity contribution in [2.24, 2.45) is 5.92 Å². The van der Waals surface area contributed by atoms with Crippen LogP contribution in [0.3, 0.4) is 0 Å². The third kappa shape index (κ3) is 7.23. The van der Waals surface area contributed by atoms with E-state index < -0.39 is 0 Å². The zero-order valence-electron chi connectivity index (χ0n) is 10.6. The molecule has 0 aliphatic heterocycles. The Morgan fingerprint density at radius 2 is 1.87 bits per heavy atom. The van der Waals surface area contributed by atoms with Crippen LogP contribution >= 0.6 is 0 Å². The SMILES string of the molecule is CCCCN(CCC)C(=O)OCC(C)C. The third-order valence-electron chi connectivity index (χ3n) is 2.07. The molecule has 0 aliphatic carbocycles. The van der Waals surface area contributed by atoms with Crippen LogP contribution in [0.15, 0.2) is 0 Å². The first-order chi connectivity index (χ1) is 7.11. The van der Waals surface area contributed by atoms with Crippen molar-refractivity contribution in [1.29, 1.82) is 0 Å². The summed E-state index contributed by atoms with van der Waals surface area (Å²) < 4.78 is 5.20. The van der Waals surface area contributed by atoms with Gasteiger partial charge < -0.3 is 9.64 Å². The predicted octanol–water partition coefficient (Wildman–Crippen LogP) is 3.29. The number of rotatable bonds is 7. The molecule has 3 heteroatoms. The second-order valence-electron chi connectivity index (χ2n) is 4.31. The summed E-state index contributed by atoms with van der Waals surface area (Å²) in [6, 6.07) is 0. The number of hydrogen-bond acceptors (Lipinski definition) is 2. The number of nitrogens with zero attached hydrogens (tertiary/aromatic N) is 1. The number of ether oxygens (including phenoxy) is 1. The molecule has 0 aliphatic rings. The molecule has 0 atom stereocenters. The Labute approximate surface area is 93.8 Å². The van der Waals surface area contributed by atoms with Gasteiger partial charge in [-0.05, 0) is 18.8 Å². The average Bonchev–Trinajstić information content (AvgIpc) is 2.20. The maximum Gasteiger partial charge on any atom is 0.409 e. The number of unbranched alkanes of at least 4 members (excludes halogenated alkanes) is 1. The van der Waals surface area contributed by atoms with E-state index in [4.69, 9.17) is 4.74 Å². The summed E-state index contributed by atoms with van der Waals surface area (Å²) in [5.41, 5.74) is 0. The number of hydrogen-bond donors (Lipinski definition) is 0. The zero-order valence-corrected chi connectivity index (χ0v) is 10.6. The topological polar surface area (TPSA) is 29.5 Å². The van der Waals surface area contributed by atoms with E-state index in [0.29, 0.717) is 12.5 Å². The van der Waals surface area contributed by atoms with Crippen LogP contribution in [0.1, 0.15) is 47.0 Å². The lowest BCUT2D eigenvalue weighted by Gasteiger charge is -2.21. The fourth-order valence-electron chi connectivity index (χ4n) is 1.24. The zero-order chi connectivity index (χ0) is 11.7. The summed E-state index contributed by atoms with van der Waals surface area (Å²) in [7, 11) is 0. The van der Waals surface area contributed by atoms with Crippen LogP contribution < -0.4 is 0 Å². The molecular weight excluding hydrogens is 190 g/mol. The van der Waals surface area contributed by atoms with Crippen molar-refractivity contribution < 1.29 is 9.53 Å². The second-order valence-corrected chi connectivity index (χ2v) is 4.31. The van der Waals surface area contributed by atoms with Gasteiger partial charge in [-0.2, -0.15) is 0 Å². The van der Waals surface area contributed by atoms with Gasteiger partial charge in [0.25, 0.3) is 0 Å². The van der Waals surface area contributed by atoms with E-state index in [1.165, 1.54) is 0 Å². The van der Waals surface area contributed by atoms with Crippen LogP contribution in [0.25, 0.3) is 0 Å². The van der Waals surface area contributed by atoms with Crippen LogP contribution in [0.2, 0.25) is 0 Å². The van der Waals surface area contributed by atoms with E-state index in [0.717, 1.165) is 32.4 Å². The average molecular weight is 215 g/mol. The lowest BCUT2D eigenvalue weighted by Crippen LogP contribution is -2.33. The Morgan fingerprint density at radius 3 is 2.33 bits per heavy atom. The van der Waals surface area contributed by atoms with E-state index in [9.17, 15) is 4.79 Å². The van der Waals surface area contributed by atoms with Crippen molar-refractivity contribution in [3.63, 3.8) is 0 Å². The molecule has 90 valence electrons. The fourth-order valence-corrected chi connectivity index (χ4v) is 1.24. The molecule has 0 unspecified atom stereocenters. The van der Waals surface area contributed by atoms with Crippen molar-refractivity contribution in [3.8, 4) is 0 Å². The van der Waals surface area contributed by atoms with E-state index >= 15 is 0 Å². The minimum absolute atomic E-state index is 0.154. The molecule has 0 aromatic heterocycles.